The van der Waals surface area contributed by atoms with Gasteiger partial charge >= 0.3 is 0 Å². The molecule has 0 unspecified atom stereocenters. The van der Waals surface area contributed by atoms with Crippen molar-refractivity contribution in [1.29, 1.82) is 0 Å². The predicted octanol–water partition coefficient (Wildman–Crippen LogP) is 3.31. The van der Waals surface area contributed by atoms with Crippen LogP contribution in [0, 0.1) is 27.7 Å². The molecule has 1 aliphatic rings. The molecular weight excluding hydrogens is 318 g/mol. The molecule has 3 heterocycles. The minimum atomic E-state index is -0.219. The molecule has 0 saturated heterocycles. The second kappa shape index (κ2) is 5.15. The first kappa shape index (κ1) is 15.8. The summed E-state index contributed by atoms with van der Waals surface area (Å²) in [6.45, 7) is 9.67. The summed E-state index contributed by atoms with van der Waals surface area (Å²) in [5.74, 6) is 0.946. The third kappa shape index (κ3) is 2.42. The molecule has 0 spiro atoms. The van der Waals surface area contributed by atoms with Gasteiger partial charge in [0, 0.05) is 11.2 Å². The second-order valence-corrected chi connectivity index (χ2v) is 7.13. The third-order valence-corrected chi connectivity index (χ3v) is 5.14. The molecule has 25 heavy (non-hydrogen) atoms. The Morgan fingerprint density at radius 1 is 1.24 bits per heavy atom. The minimum Gasteiger partial charge on any atom is -0.442 e. The van der Waals surface area contributed by atoms with Crippen LogP contribution in [0.3, 0.4) is 0 Å². The summed E-state index contributed by atoms with van der Waals surface area (Å²) in [5.41, 5.74) is 3.60. The molecular formula is C18H21N5O2. The number of hydrogen-bond acceptors (Lipinski definition) is 6. The summed E-state index contributed by atoms with van der Waals surface area (Å²) in [5, 5.41) is 8.46. The maximum absolute atomic E-state index is 13.2. The van der Waals surface area contributed by atoms with E-state index in [-0.39, 0.29) is 11.4 Å². The van der Waals surface area contributed by atoms with E-state index in [1.165, 1.54) is 11.0 Å². The normalized spacial score (nSPS) is 15.6. The fourth-order valence-corrected chi connectivity index (χ4v) is 3.02. The highest BCUT2D eigenvalue weighted by Crippen LogP contribution is 2.40. The maximum atomic E-state index is 13.2. The van der Waals surface area contributed by atoms with Gasteiger partial charge in [0.1, 0.15) is 17.9 Å². The van der Waals surface area contributed by atoms with E-state index in [4.69, 9.17) is 4.42 Å². The van der Waals surface area contributed by atoms with E-state index in [0.717, 1.165) is 29.8 Å². The highest BCUT2D eigenvalue weighted by Gasteiger charge is 2.38. The summed E-state index contributed by atoms with van der Waals surface area (Å²) in [7, 11) is 0. The lowest BCUT2D eigenvalue weighted by atomic mass is 10.1. The predicted molar refractivity (Wildman–Crippen MR) is 94.0 cm³/mol. The fourth-order valence-electron chi connectivity index (χ4n) is 3.02. The van der Waals surface area contributed by atoms with Crippen molar-refractivity contribution in [2.24, 2.45) is 0 Å². The number of furan rings is 1. The summed E-state index contributed by atoms with van der Waals surface area (Å²) in [4.78, 5) is 21.8. The maximum Gasteiger partial charge on any atom is 0.282 e. The highest BCUT2D eigenvalue weighted by atomic mass is 16.3. The largest absolute Gasteiger partial charge is 0.442 e. The number of nitrogens with zero attached hydrogens (tertiary/aromatic N) is 4. The van der Waals surface area contributed by atoms with Crippen LogP contribution in [0.25, 0.3) is 11.1 Å². The number of carbonyl (C=O) groups is 1. The van der Waals surface area contributed by atoms with Crippen LogP contribution >= 0.6 is 0 Å². The molecule has 0 aromatic carbocycles. The van der Waals surface area contributed by atoms with Gasteiger partial charge < -0.3 is 9.73 Å². The molecule has 7 heteroatoms. The smallest absolute Gasteiger partial charge is 0.282 e. The third-order valence-electron chi connectivity index (χ3n) is 5.14. The van der Waals surface area contributed by atoms with Crippen molar-refractivity contribution >= 4 is 22.8 Å². The zero-order valence-corrected chi connectivity index (χ0v) is 15.1. The molecule has 0 bridgehead atoms. The molecule has 7 nitrogen and oxygen atoms in total. The average molecular weight is 339 g/mol. The summed E-state index contributed by atoms with van der Waals surface area (Å²) < 4.78 is 7.18. The number of anilines is 1. The number of carbonyl (C=O) groups excluding carboxylic acids is 1. The summed E-state index contributed by atoms with van der Waals surface area (Å²) in [6, 6.07) is 0. The van der Waals surface area contributed by atoms with Gasteiger partial charge in [-0.05, 0) is 53.0 Å². The van der Waals surface area contributed by atoms with E-state index in [1.807, 2.05) is 20.8 Å². The van der Waals surface area contributed by atoms with Crippen molar-refractivity contribution in [1.82, 2.24) is 19.7 Å². The van der Waals surface area contributed by atoms with Crippen LogP contribution in [0.4, 0.5) is 5.82 Å². The van der Waals surface area contributed by atoms with Crippen molar-refractivity contribution in [3.8, 4) is 0 Å². The van der Waals surface area contributed by atoms with Gasteiger partial charge in [0.15, 0.2) is 0 Å². The first-order chi connectivity index (χ1) is 11.8. The van der Waals surface area contributed by atoms with Gasteiger partial charge in [0.25, 0.3) is 5.91 Å². The van der Waals surface area contributed by atoms with Crippen molar-refractivity contribution in [2.75, 3.05) is 5.32 Å². The Morgan fingerprint density at radius 2 is 1.96 bits per heavy atom. The molecule has 1 saturated carbocycles. The molecule has 1 aliphatic carbocycles. The van der Waals surface area contributed by atoms with Crippen LogP contribution in [0.5, 0.6) is 0 Å². The van der Waals surface area contributed by atoms with Crippen LogP contribution in [-0.2, 0) is 0 Å². The van der Waals surface area contributed by atoms with Gasteiger partial charge in [-0.15, -0.1) is 0 Å². The Labute approximate surface area is 145 Å². The molecule has 0 aliphatic heterocycles. The van der Waals surface area contributed by atoms with E-state index < -0.39 is 0 Å². The molecule has 130 valence electrons. The average Bonchev–Trinajstić information content (AvgIpc) is 3.10. The second-order valence-electron chi connectivity index (χ2n) is 7.13. The van der Waals surface area contributed by atoms with Gasteiger partial charge in [-0.25, -0.2) is 14.6 Å². The number of nitrogens with one attached hydrogen (secondary N) is 1. The van der Waals surface area contributed by atoms with E-state index in [9.17, 15) is 4.79 Å². The van der Waals surface area contributed by atoms with Crippen molar-refractivity contribution < 1.29 is 9.21 Å². The lowest BCUT2D eigenvalue weighted by molar-refractivity contribution is 0.0942. The van der Waals surface area contributed by atoms with Crippen LogP contribution in [0.1, 0.15) is 52.8 Å². The zero-order chi connectivity index (χ0) is 17.9. The Hall–Kier alpha value is -2.70. The van der Waals surface area contributed by atoms with Crippen LogP contribution in [0.2, 0.25) is 0 Å². The lowest BCUT2D eigenvalue weighted by Crippen LogP contribution is -2.19. The Balaban J connectivity index is 1.90. The van der Waals surface area contributed by atoms with Gasteiger partial charge in [-0.2, -0.15) is 5.10 Å². The van der Waals surface area contributed by atoms with Gasteiger partial charge in [0.2, 0.25) is 5.71 Å². The zero-order valence-electron chi connectivity index (χ0n) is 15.1. The fraction of sp³-hybridized carbons (Fsp3) is 0.444. The first-order valence-electron chi connectivity index (χ1n) is 8.40. The Kier molecular flexibility index (Phi) is 3.25. The number of aryl methyl sites for hydroxylation is 2. The molecule has 1 N–H and O–H groups in total. The number of fused-ring (bicyclic) bond motifs is 1. The van der Waals surface area contributed by atoms with Gasteiger partial charge in [-0.3, -0.25) is 4.79 Å². The van der Waals surface area contributed by atoms with E-state index in [0.29, 0.717) is 28.2 Å². The highest BCUT2D eigenvalue weighted by molar-refractivity contribution is 6.10. The number of aromatic nitrogens is 4. The van der Waals surface area contributed by atoms with E-state index >= 15 is 0 Å². The van der Waals surface area contributed by atoms with Crippen LogP contribution < -0.4 is 5.32 Å². The summed E-state index contributed by atoms with van der Waals surface area (Å²) in [6.07, 6.45) is 3.62. The Bertz CT molecular complexity index is 1010. The summed E-state index contributed by atoms with van der Waals surface area (Å²) >= 11 is 0. The number of rotatable bonds is 3. The molecule has 4 rings (SSSR count). The quantitative estimate of drug-likeness (QED) is 0.788. The molecule has 0 radical (unpaired) electrons. The lowest BCUT2D eigenvalue weighted by Gasteiger charge is -2.13. The monoisotopic (exact) mass is 339 g/mol. The number of hydrogen-bond donors (Lipinski definition) is 1. The van der Waals surface area contributed by atoms with E-state index in [1.54, 1.807) is 6.92 Å². The first-order valence-corrected chi connectivity index (χ1v) is 8.40. The Morgan fingerprint density at radius 3 is 2.56 bits per heavy atom. The standard InChI is InChI=1S/C18H21N5O2/c1-9-10(2)22-23(11(9)3)17(24)13-12(4)25-16-14(13)15(19-8-20-16)21-18(5)6-7-18/h8H,6-7H2,1-5H3,(H,19,20,21). The molecule has 3 aromatic heterocycles. The molecule has 0 atom stereocenters. The van der Waals surface area contributed by atoms with Gasteiger partial charge in [0.05, 0.1) is 16.6 Å². The van der Waals surface area contributed by atoms with Crippen molar-refractivity contribution in [2.45, 2.75) is 53.0 Å². The topological polar surface area (TPSA) is 85.8 Å². The molecule has 3 aromatic rings. The van der Waals surface area contributed by atoms with Crippen LogP contribution in [-0.4, -0.2) is 31.2 Å². The van der Waals surface area contributed by atoms with Crippen molar-refractivity contribution in [3.63, 3.8) is 0 Å². The van der Waals surface area contributed by atoms with Crippen LogP contribution in [0.15, 0.2) is 10.7 Å². The minimum absolute atomic E-state index is 0.0293. The SMILES string of the molecule is Cc1nn(C(=O)c2c(C)oc3ncnc(NC4(C)CC4)c23)c(C)c1C. The van der Waals surface area contributed by atoms with Crippen molar-refractivity contribution in [3.05, 3.63) is 34.6 Å². The molecule has 0 amide bonds. The van der Waals surface area contributed by atoms with E-state index in [2.05, 4.69) is 27.3 Å². The van der Waals surface area contributed by atoms with Gasteiger partial charge in [-0.1, -0.05) is 0 Å². The molecule has 1 fully saturated rings.